The van der Waals surface area contributed by atoms with Crippen molar-refractivity contribution >= 4 is 51.9 Å². The van der Waals surface area contributed by atoms with Gasteiger partial charge in [0.2, 0.25) is 0 Å². The maximum absolute atomic E-state index is 13.0. The maximum Gasteiger partial charge on any atom is 0.416 e. The molecular weight excluding hydrogens is 467 g/mol. The summed E-state index contributed by atoms with van der Waals surface area (Å²) in [5.41, 5.74) is -0.315. The monoisotopic (exact) mass is 483 g/mol. The van der Waals surface area contributed by atoms with Crippen molar-refractivity contribution in [3.63, 3.8) is 0 Å². The number of ether oxygens (including phenoxy) is 2. The molecule has 2 aromatic carbocycles. The minimum Gasteiger partial charge on any atom is -0.490 e. The molecule has 1 aliphatic heterocycles. The first-order valence-electron chi connectivity index (χ1n) is 9.17. The Kier molecular flexibility index (Phi) is 7.09. The van der Waals surface area contributed by atoms with E-state index in [9.17, 15) is 22.8 Å². The van der Waals surface area contributed by atoms with Crippen LogP contribution in [0.15, 0.2) is 47.4 Å². The number of anilines is 1. The number of hydrogen-bond donors (Lipinski definition) is 1. The zero-order valence-corrected chi connectivity index (χ0v) is 18.1. The second kappa shape index (κ2) is 9.61. The number of aliphatic carboxylic acids is 1. The minimum absolute atomic E-state index is 0.0261. The highest BCUT2D eigenvalue weighted by Gasteiger charge is 2.36. The van der Waals surface area contributed by atoms with E-state index in [1.807, 2.05) is 0 Å². The molecule has 1 aliphatic rings. The van der Waals surface area contributed by atoms with Crippen molar-refractivity contribution in [1.29, 1.82) is 0 Å². The summed E-state index contributed by atoms with van der Waals surface area (Å²) in [5.74, 6) is -1.18. The maximum atomic E-state index is 13.0. The summed E-state index contributed by atoms with van der Waals surface area (Å²) in [6.45, 7) is 1.49. The van der Waals surface area contributed by atoms with Gasteiger partial charge in [-0.25, -0.2) is 4.79 Å². The van der Waals surface area contributed by atoms with E-state index in [1.165, 1.54) is 24.3 Å². The Bertz CT molecular complexity index is 1100. The van der Waals surface area contributed by atoms with Gasteiger partial charge in [0.1, 0.15) is 0 Å². The van der Waals surface area contributed by atoms with Crippen molar-refractivity contribution in [1.82, 2.24) is 0 Å². The molecule has 0 radical (unpaired) electrons. The van der Waals surface area contributed by atoms with Gasteiger partial charge >= 0.3 is 12.1 Å². The molecule has 1 fully saturated rings. The summed E-state index contributed by atoms with van der Waals surface area (Å²) in [7, 11) is 0. The molecule has 0 atom stereocenters. The van der Waals surface area contributed by atoms with Gasteiger partial charge in [0.15, 0.2) is 22.4 Å². The Morgan fingerprint density at radius 1 is 1.19 bits per heavy atom. The van der Waals surface area contributed by atoms with Gasteiger partial charge in [-0.05, 0) is 48.9 Å². The highest BCUT2D eigenvalue weighted by atomic mass is 32.2. The van der Waals surface area contributed by atoms with Crippen LogP contribution in [0, 0.1) is 0 Å². The zero-order chi connectivity index (χ0) is 23.5. The van der Waals surface area contributed by atoms with Crippen LogP contribution in [-0.4, -0.2) is 34.5 Å². The van der Waals surface area contributed by atoms with E-state index >= 15 is 0 Å². The number of carboxylic acid groups (broad SMARTS) is 1. The van der Waals surface area contributed by atoms with E-state index < -0.39 is 30.2 Å². The second-order valence-corrected chi connectivity index (χ2v) is 8.06. The third kappa shape index (κ3) is 5.40. The average Bonchev–Trinajstić information content (AvgIpc) is 3.00. The van der Waals surface area contributed by atoms with E-state index in [0.29, 0.717) is 12.2 Å². The summed E-state index contributed by atoms with van der Waals surface area (Å²) in [6.07, 6.45) is -3.03. The minimum atomic E-state index is -4.55. The molecule has 0 saturated carbocycles. The van der Waals surface area contributed by atoms with Gasteiger partial charge in [0.25, 0.3) is 5.91 Å². The molecule has 11 heteroatoms. The quantitative estimate of drug-likeness (QED) is 0.440. The number of hydrogen-bond acceptors (Lipinski definition) is 6. The van der Waals surface area contributed by atoms with Crippen LogP contribution in [0.2, 0.25) is 0 Å². The van der Waals surface area contributed by atoms with E-state index in [-0.39, 0.29) is 26.4 Å². The number of carbonyl (C=O) groups is 2. The lowest BCUT2D eigenvalue weighted by Crippen LogP contribution is -2.27. The van der Waals surface area contributed by atoms with Crippen molar-refractivity contribution in [2.75, 3.05) is 18.1 Å². The number of benzene rings is 2. The molecule has 0 bridgehead atoms. The predicted molar refractivity (Wildman–Crippen MR) is 118 cm³/mol. The first-order valence-corrected chi connectivity index (χ1v) is 10.4. The van der Waals surface area contributed by atoms with Gasteiger partial charge < -0.3 is 14.6 Å². The number of thioether (sulfide) groups is 1. The Balaban J connectivity index is 1.89. The fourth-order valence-electron chi connectivity index (χ4n) is 2.80. The molecule has 1 amide bonds. The number of rotatable bonds is 7. The second-order valence-electron chi connectivity index (χ2n) is 6.39. The largest absolute Gasteiger partial charge is 0.490 e. The smallest absolute Gasteiger partial charge is 0.416 e. The lowest BCUT2D eigenvalue weighted by molar-refractivity contribution is -0.139. The fourth-order valence-corrected chi connectivity index (χ4v) is 4.10. The summed E-state index contributed by atoms with van der Waals surface area (Å²) >= 11 is 6.18. The van der Waals surface area contributed by atoms with Crippen molar-refractivity contribution in [3.8, 4) is 11.5 Å². The molecule has 1 heterocycles. The van der Waals surface area contributed by atoms with Crippen LogP contribution in [0.3, 0.4) is 0 Å². The number of nitrogens with zero attached hydrogens (tertiary/aromatic N) is 1. The lowest BCUT2D eigenvalue weighted by Gasteiger charge is -2.16. The first kappa shape index (κ1) is 23.6. The van der Waals surface area contributed by atoms with Gasteiger partial charge in [-0.2, -0.15) is 13.2 Å². The van der Waals surface area contributed by atoms with Crippen LogP contribution in [-0.2, 0) is 15.8 Å². The van der Waals surface area contributed by atoms with Crippen LogP contribution < -0.4 is 14.4 Å². The van der Waals surface area contributed by atoms with Crippen LogP contribution in [0.1, 0.15) is 18.1 Å². The lowest BCUT2D eigenvalue weighted by atomic mass is 10.1. The topological polar surface area (TPSA) is 76.1 Å². The van der Waals surface area contributed by atoms with Crippen LogP contribution in [0.4, 0.5) is 18.9 Å². The molecule has 2 aromatic rings. The summed E-state index contributed by atoms with van der Waals surface area (Å²) in [4.78, 5) is 24.9. The molecule has 1 saturated heterocycles. The van der Waals surface area contributed by atoms with Crippen molar-refractivity contribution in [3.05, 3.63) is 58.5 Å². The molecule has 0 aromatic heterocycles. The van der Waals surface area contributed by atoms with Gasteiger partial charge in [0, 0.05) is 0 Å². The zero-order valence-electron chi connectivity index (χ0n) is 16.5. The summed E-state index contributed by atoms with van der Waals surface area (Å²) in [6, 6.07) is 9.05. The predicted octanol–water partition coefficient (Wildman–Crippen LogP) is 4.97. The Hall–Kier alpha value is -3.05. The highest BCUT2D eigenvalue weighted by molar-refractivity contribution is 8.27. The van der Waals surface area contributed by atoms with Gasteiger partial charge in [0.05, 0.1) is 22.8 Å². The number of carboxylic acids is 1. The Labute approximate surface area is 190 Å². The van der Waals surface area contributed by atoms with Crippen molar-refractivity contribution < 1.29 is 37.3 Å². The van der Waals surface area contributed by atoms with Crippen LogP contribution in [0.5, 0.6) is 11.5 Å². The van der Waals surface area contributed by atoms with Gasteiger partial charge in [-0.1, -0.05) is 36.1 Å². The van der Waals surface area contributed by atoms with Crippen molar-refractivity contribution in [2.24, 2.45) is 0 Å². The molecule has 3 rings (SSSR count). The van der Waals surface area contributed by atoms with Gasteiger partial charge in [-0.15, -0.1) is 0 Å². The number of halogens is 3. The first-order chi connectivity index (χ1) is 15.1. The molecule has 32 heavy (non-hydrogen) atoms. The van der Waals surface area contributed by atoms with E-state index in [2.05, 4.69) is 0 Å². The SMILES string of the molecule is CCOc1cc(/C=C2\SC(=S)N(c3cccc(C(F)(F)F)c3)C2=O)ccc1OCC(=O)O. The summed E-state index contributed by atoms with van der Waals surface area (Å²) < 4.78 is 49.9. The molecular formula is C21H16F3NO5S2. The van der Waals surface area contributed by atoms with Gasteiger partial charge in [-0.3, -0.25) is 9.69 Å². The van der Waals surface area contributed by atoms with E-state index in [1.54, 1.807) is 19.1 Å². The molecule has 6 nitrogen and oxygen atoms in total. The highest BCUT2D eigenvalue weighted by Crippen LogP contribution is 2.39. The molecule has 0 aliphatic carbocycles. The number of carbonyl (C=O) groups excluding carboxylic acids is 1. The fraction of sp³-hybridized carbons (Fsp3) is 0.190. The van der Waals surface area contributed by atoms with Crippen LogP contribution >= 0.6 is 24.0 Å². The third-order valence-electron chi connectivity index (χ3n) is 4.14. The normalized spacial score (nSPS) is 15.4. The van der Waals surface area contributed by atoms with Crippen LogP contribution in [0.25, 0.3) is 6.08 Å². The molecule has 0 unspecified atom stereocenters. The Morgan fingerprint density at radius 2 is 1.94 bits per heavy atom. The molecule has 1 N–H and O–H groups in total. The number of alkyl halides is 3. The standard InChI is InChI=1S/C21H16F3NO5S2/c1-2-29-16-8-12(6-7-15(16)30-11-18(26)27)9-17-19(28)25(20(31)32-17)14-5-3-4-13(10-14)21(22,23)24/h3-10H,2,11H2,1H3,(H,26,27)/b17-9-. The number of thiocarbonyl (C=S) groups is 1. The average molecular weight is 483 g/mol. The van der Waals surface area contributed by atoms with E-state index in [0.717, 1.165) is 28.8 Å². The van der Waals surface area contributed by atoms with Crippen molar-refractivity contribution in [2.45, 2.75) is 13.1 Å². The molecule has 0 spiro atoms. The van der Waals surface area contributed by atoms with E-state index in [4.69, 9.17) is 26.8 Å². The number of amides is 1. The Morgan fingerprint density at radius 3 is 2.59 bits per heavy atom. The third-order valence-corrected chi connectivity index (χ3v) is 5.44. The summed E-state index contributed by atoms with van der Waals surface area (Å²) in [5, 5.41) is 8.78. The molecule has 168 valence electrons.